The first-order valence-electron chi connectivity index (χ1n) is 7.69. The first-order chi connectivity index (χ1) is 10.7. The van der Waals surface area contributed by atoms with Gasteiger partial charge in [0.15, 0.2) is 0 Å². The Hall–Kier alpha value is -1.21. The minimum Gasteiger partial charge on any atom is -0.381 e. The van der Waals surface area contributed by atoms with Gasteiger partial charge in [-0.25, -0.2) is 4.98 Å². The van der Waals surface area contributed by atoms with E-state index in [1.165, 1.54) is 4.70 Å². The molecule has 0 saturated carbocycles. The van der Waals surface area contributed by atoms with Crippen LogP contribution < -0.4 is 11.1 Å². The third-order valence-corrected chi connectivity index (χ3v) is 5.15. The fourth-order valence-corrected chi connectivity index (χ4v) is 3.69. The molecule has 0 aliphatic carbocycles. The van der Waals surface area contributed by atoms with Crippen LogP contribution in [0, 0.1) is 5.92 Å². The van der Waals surface area contributed by atoms with Crippen molar-refractivity contribution >= 4 is 39.9 Å². The summed E-state index contributed by atoms with van der Waals surface area (Å²) < 4.78 is 6.49. The zero-order valence-corrected chi connectivity index (χ0v) is 14.5. The molecule has 2 heterocycles. The van der Waals surface area contributed by atoms with Gasteiger partial charge < -0.3 is 15.8 Å². The summed E-state index contributed by atoms with van der Waals surface area (Å²) in [5.74, 6) is 0.171. The fourth-order valence-electron chi connectivity index (χ4n) is 2.73. The number of nitrogens with two attached hydrogens (primary N) is 1. The molecule has 1 amide bonds. The second kappa shape index (κ2) is 8.59. The Kier molecular flexibility index (Phi) is 6.77. The van der Waals surface area contributed by atoms with E-state index in [0.29, 0.717) is 19.8 Å². The predicted octanol–water partition coefficient (Wildman–Crippen LogP) is 2.13. The molecule has 2 aromatic rings. The SMILES string of the molecule is Cl.NC(C(=O)NCCc1nc2ccccc2s1)C1CCOCC1. The maximum Gasteiger partial charge on any atom is 0.237 e. The number of rotatable bonds is 5. The summed E-state index contributed by atoms with van der Waals surface area (Å²) in [6.45, 7) is 1.99. The van der Waals surface area contributed by atoms with Crippen LogP contribution in [0.25, 0.3) is 10.2 Å². The largest absolute Gasteiger partial charge is 0.381 e. The maximum absolute atomic E-state index is 12.1. The van der Waals surface area contributed by atoms with E-state index in [-0.39, 0.29) is 24.2 Å². The minimum absolute atomic E-state index is 0. The Balaban J connectivity index is 0.00000192. The Bertz CT molecular complexity index is 610. The van der Waals surface area contributed by atoms with Crippen molar-refractivity contribution in [2.75, 3.05) is 19.8 Å². The first-order valence-corrected chi connectivity index (χ1v) is 8.51. The second-order valence-electron chi connectivity index (χ2n) is 5.59. The standard InChI is InChI=1S/C16H21N3O2S.ClH/c17-15(11-6-9-21-10-7-11)16(20)18-8-5-14-19-12-3-1-2-4-13(12)22-14;/h1-4,11,15H,5-10,17H2,(H,18,20);1H. The quantitative estimate of drug-likeness (QED) is 0.861. The number of nitrogens with zero attached hydrogens (tertiary/aromatic N) is 1. The van der Waals surface area contributed by atoms with E-state index < -0.39 is 6.04 Å². The van der Waals surface area contributed by atoms with Gasteiger partial charge in [-0.2, -0.15) is 0 Å². The van der Waals surface area contributed by atoms with Crippen LogP contribution >= 0.6 is 23.7 Å². The van der Waals surface area contributed by atoms with Crippen molar-refractivity contribution in [3.8, 4) is 0 Å². The van der Waals surface area contributed by atoms with Crippen molar-refractivity contribution in [1.82, 2.24) is 10.3 Å². The monoisotopic (exact) mass is 355 g/mol. The lowest BCUT2D eigenvalue weighted by atomic mass is 9.92. The van der Waals surface area contributed by atoms with Crippen LogP contribution in [0.2, 0.25) is 0 Å². The third-order valence-electron chi connectivity index (χ3n) is 4.05. The molecule has 7 heteroatoms. The van der Waals surface area contributed by atoms with Gasteiger partial charge in [0.25, 0.3) is 0 Å². The lowest BCUT2D eigenvalue weighted by Crippen LogP contribution is -2.47. The summed E-state index contributed by atoms with van der Waals surface area (Å²) in [4.78, 5) is 16.7. The molecule has 1 aliphatic rings. The number of benzene rings is 1. The molecule has 23 heavy (non-hydrogen) atoms. The van der Waals surface area contributed by atoms with Crippen LogP contribution in [0.4, 0.5) is 0 Å². The van der Waals surface area contributed by atoms with Gasteiger partial charge in [0.2, 0.25) is 5.91 Å². The van der Waals surface area contributed by atoms with Crippen molar-refractivity contribution in [1.29, 1.82) is 0 Å². The number of thiazole rings is 1. The van der Waals surface area contributed by atoms with Gasteiger partial charge in [-0.15, -0.1) is 23.7 Å². The second-order valence-corrected chi connectivity index (χ2v) is 6.71. The number of carbonyl (C=O) groups is 1. The van der Waals surface area contributed by atoms with Gasteiger partial charge in [-0.3, -0.25) is 4.79 Å². The number of para-hydroxylation sites is 1. The van der Waals surface area contributed by atoms with E-state index in [2.05, 4.69) is 16.4 Å². The van der Waals surface area contributed by atoms with Gasteiger partial charge in [-0.05, 0) is 30.9 Å². The summed E-state index contributed by atoms with van der Waals surface area (Å²) >= 11 is 1.68. The average molecular weight is 356 g/mol. The summed E-state index contributed by atoms with van der Waals surface area (Å²) in [7, 11) is 0. The smallest absolute Gasteiger partial charge is 0.237 e. The molecule has 0 radical (unpaired) electrons. The predicted molar refractivity (Wildman–Crippen MR) is 95.1 cm³/mol. The summed E-state index contributed by atoms with van der Waals surface area (Å²) in [6.07, 6.45) is 2.48. The van der Waals surface area contributed by atoms with Gasteiger partial charge >= 0.3 is 0 Å². The molecule has 1 fully saturated rings. The summed E-state index contributed by atoms with van der Waals surface area (Å²) in [5.41, 5.74) is 7.07. The van der Waals surface area contributed by atoms with Crippen molar-refractivity contribution in [2.24, 2.45) is 11.7 Å². The van der Waals surface area contributed by atoms with Crippen LogP contribution in [-0.4, -0.2) is 36.7 Å². The topological polar surface area (TPSA) is 77.2 Å². The van der Waals surface area contributed by atoms with Crippen molar-refractivity contribution in [3.63, 3.8) is 0 Å². The number of amides is 1. The van der Waals surface area contributed by atoms with Crippen LogP contribution in [0.1, 0.15) is 17.8 Å². The van der Waals surface area contributed by atoms with Crippen LogP contribution in [-0.2, 0) is 16.0 Å². The van der Waals surface area contributed by atoms with Crippen LogP contribution in [0.3, 0.4) is 0 Å². The first kappa shape index (κ1) is 18.1. The molecular formula is C16H22ClN3O2S. The van der Waals surface area contributed by atoms with Gasteiger partial charge in [-0.1, -0.05) is 12.1 Å². The van der Waals surface area contributed by atoms with E-state index in [4.69, 9.17) is 10.5 Å². The Morgan fingerprint density at radius 2 is 2.13 bits per heavy atom. The average Bonchev–Trinajstić information content (AvgIpc) is 2.97. The Labute approximate surface area is 146 Å². The van der Waals surface area contributed by atoms with Gasteiger partial charge in [0, 0.05) is 26.2 Å². The molecular weight excluding hydrogens is 334 g/mol. The van der Waals surface area contributed by atoms with E-state index in [1.54, 1.807) is 11.3 Å². The number of halogens is 1. The Morgan fingerprint density at radius 1 is 1.39 bits per heavy atom. The van der Waals surface area contributed by atoms with Crippen molar-refractivity contribution in [2.45, 2.75) is 25.3 Å². The van der Waals surface area contributed by atoms with Gasteiger partial charge in [0.05, 0.1) is 21.3 Å². The highest BCUT2D eigenvalue weighted by Crippen LogP contribution is 2.21. The molecule has 5 nitrogen and oxygen atoms in total. The lowest BCUT2D eigenvalue weighted by molar-refractivity contribution is -0.124. The van der Waals surface area contributed by atoms with Crippen molar-refractivity contribution in [3.05, 3.63) is 29.3 Å². The fraction of sp³-hybridized carbons (Fsp3) is 0.500. The maximum atomic E-state index is 12.1. The number of carbonyl (C=O) groups excluding carboxylic acids is 1. The molecule has 1 saturated heterocycles. The number of fused-ring (bicyclic) bond motifs is 1. The lowest BCUT2D eigenvalue weighted by Gasteiger charge is -2.26. The van der Waals surface area contributed by atoms with E-state index in [9.17, 15) is 4.79 Å². The molecule has 3 rings (SSSR count). The number of hydrogen-bond acceptors (Lipinski definition) is 5. The number of nitrogens with one attached hydrogen (secondary N) is 1. The van der Waals surface area contributed by atoms with Crippen LogP contribution in [0.5, 0.6) is 0 Å². The number of ether oxygens (including phenoxy) is 1. The molecule has 1 aromatic heterocycles. The molecule has 1 atom stereocenters. The van der Waals surface area contributed by atoms with Gasteiger partial charge in [0.1, 0.15) is 0 Å². The summed E-state index contributed by atoms with van der Waals surface area (Å²) in [5, 5.41) is 3.98. The zero-order chi connectivity index (χ0) is 15.4. The molecule has 0 bridgehead atoms. The van der Waals surface area contributed by atoms with E-state index in [1.807, 2.05) is 18.2 Å². The number of aromatic nitrogens is 1. The third kappa shape index (κ3) is 4.64. The molecule has 126 valence electrons. The van der Waals surface area contributed by atoms with Crippen LogP contribution in [0.15, 0.2) is 24.3 Å². The normalized spacial score (nSPS) is 16.7. The van der Waals surface area contributed by atoms with E-state index in [0.717, 1.165) is 29.8 Å². The summed E-state index contributed by atoms with van der Waals surface area (Å²) in [6, 6.07) is 7.64. The highest BCUT2D eigenvalue weighted by atomic mass is 35.5. The molecule has 0 spiro atoms. The molecule has 1 aromatic carbocycles. The minimum atomic E-state index is -0.431. The zero-order valence-electron chi connectivity index (χ0n) is 12.9. The molecule has 3 N–H and O–H groups in total. The highest BCUT2D eigenvalue weighted by molar-refractivity contribution is 7.18. The molecule has 1 aliphatic heterocycles. The number of hydrogen-bond donors (Lipinski definition) is 2. The van der Waals surface area contributed by atoms with E-state index >= 15 is 0 Å². The Morgan fingerprint density at radius 3 is 2.87 bits per heavy atom. The molecule has 1 unspecified atom stereocenters. The van der Waals surface area contributed by atoms with Crippen molar-refractivity contribution < 1.29 is 9.53 Å². The highest BCUT2D eigenvalue weighted by Gasteiger charge is 2.26.